The minimum absolute atomic E-state index is 0.142. The number of fused-ring (bicyclic) bond motifs is 1. The van der Waals surface area contributed by atoms with Crippen LogP contribution in [0.2, 0.25) is 0 Å². The monoisotopic (exact) mass is 432 g/mol. The molecule has 3 heterocycles. The highest BCUT2D eigenvalue weighted by atomic mass is 16.2. The van der Waals surface area contributed by atoms with Gasteiger partial charge in [-0.3, -0.25) is 9.89 Å². The Morgan fingerprint density at radius 3 is 2.50 bits per heavy atom. The van der Waals surface area contributed by atoms with E-state index in [1.165, 1.54) is 0 Å². The minimum Gasteiger partial charge on any atom is -0.350 e. The summed E-state index contributed by atoms with van der Waals surface area (Å²) >= 11 is 0. The number of carbonyl (C=O) groups is 1. The molecule has 4 aromatic rings. The fourth-order valence-corrected chi connectivity index (χ4v) is 3.30. The summed E-state index contributed by atoms with van der Waals surface area (Å²) in [4.78, 5) is 26.9. The third kappa shape index (κ3) is 4.18. The van der Waals surface area contributed by atoms with E-state index in [9.17, 15) is 4.79 Å². The van der Waals surface area contributed by atoms with Gasteiger partial charge in [0.25, 0.3) is 0 Å². The van der Waals surface area contributed by atoms with Crippen molar-refractivity contribution in [1.29, 1.82) is 0 Å². The quantitative estimate of drug-likeness (QED) is 0.422. The van der Waals surface area contributed by atoms with Crippen LogP contribution < -0.4 is 10.6 Å². The van der Waals surface area contributed by atoms with Crippen molar-refractivity contribution in [3.05, 3.63) is 47.7 Å². The van der Waals surface area contributed by atoms with Crippen LogP contribution in [0.1, 0.15) is 38.8 Å². The molecule has 0 fully saturated rings. The van der Waals surface area contributed by atoms with Gasteiger partial charge in [-0.25, -0.2) is 4.98 Å². The van der Waals surface area contributed by atoms with Gasteiger partial charge in [0, 0.05) is 18.5 Å². The fourth-order valence-electron chi connectivity index (χ4n) is 3.30. The molecule has 1 aromatic carbocycles. The standard InChI is InChI=1S/C23H28N8O/c1-6-31-19(16-14(2)12-25-30-16)26-17-18(27-21(32)23(3,4)5)28-22(29-20(17)31)24-13-15-10-8-7-9-11-15/h7-12H,6,13H2,1-5H3,(H,25,30)(H2,24,27,28,29,32). The van der Waals surface area contributed by atoms with Crippen molar-refractivity contribution < 1.29 is 4.79 Å². The first kappa shape index (κ1) is 21.5. The van der Waals surface area contributed by atoms with Crippen LogP contribution in [0.5, 0.6) is 0 Å². The Kier molecular flexibility index (Phi) is 5.65. The molecule has 0 aliphatic carbocycles. The predicted molar refractivity (Wildman–Crippen MR) is 125 cm³/mol. The van der Waals surface area contributed by atoms with E-state index >= 15 is 0 Å². The number of rotatable bonds is 6. The highest BCUT2D eigenvalue weighted by Gasteiger charge is 2.25. The van der Waals surface area contributed by atoms with Crippen LogP contribution in [-0.2, 0) is 17.9 Å². The molecule has 4 rings (SSSR count). The summed E-state index contributed by atoms with van der Waals surface area (Å²) in [5.41, 5.74) is 3.51. The van der Waals surface area contributed by atoms with Crippen LogP contribution in [-0.4, -0.2) is 35.6 Å². The van der Waals surface area contributed by atoms with E-state index in [4.69, 9.17) is 9.97 Å². The zero-order chi connectivity index (χ0) is 22.9. The van der Waals surface area contributed by atoms with E-state index in [-0.39, 0.29) is 5.91 Å². The average molecular weight is 433 g/mol. The molecule has 0 aliphatic heterocycles. The summed E-state index contributed by atoms with van der Waals surface area (Å²) in [7, 11) is 0. The van der Waals surface area contributed by atoms with Crippen molar-refractivity contribution in [1.82, 2.24) is 29.7 Å². The number of aromatic amines is 1. The number of nitrogens with one attached hydrogen (secondary N) is 3. The van der Waals surface area contributed by atoms with E-state index in [0.717, 1.165) is 16.8 Å². The normalized spacial score (nSPS) is 11.7. The lowest BCUT2D eigenvalue weighted by atomic mass is 9.96. The number of aryl methyl sites for hydroxylation is 2. The Bertz CT molecular complexity index is 1250. The lowest BCUT2D eigenvalue weighted by Gasteiger charge is -2.17. The minimum atomic E-state index is -0.578. The van der Waals surface area contributed by atoms with Crippen molar-refractivity contribution in [2.45, 2.75) is 47.7 Å². The van der Waals surface area contributed by atoms with E-state index in [1.54, 1.807) is 6.20 Å². The molecule has 3 aromatic heterocycles. The summed E-state index contributed by atoms with van der Waals surface area (Å²) in [6, 6.07) is 10.0. The molecule has 0 saturated carbocycles. The van der Waals surface area contributed by atoms with Gasteiger partial charge in [0.05, 0.1) is 6.20 Å². The second-order valence-electron chi connectivity index (χ2n) is 8.72. The number of imidazole rings is 1. The van der Waals surface area contributed by atoms with Crippen molar-refractivity contribution >= 4 is 28.8 Å². The van der Waals surface area contributed by atoms with Crippen molar-refractivity contribution in [3.8, 4) is 11.5 Å². The summed E-state index contributed by atoms with van der Waals surface area (Å²) in [5.74, 6) is 1.37. The number of hydrogen-bond acceptors (Lipinski definition) is 6. The van der Waals surface area contributed by atoms with Crippen molar-refractivity contribution in [2.75, 3.05) is 10.6 Å². The molecule has 0 atom stereocenters. The Balaban J connectivity index is 1.82. The zero-order valence-electron chi connectivity index (χ0n) is 19.0. The van der Waals surface area contributed by atoms with Crippen molar-refractivity contribution in [3.63, 3.8) is 0 Å². The Hall–Kier alpha value is -3.75. The molecule has 0 aliphatic rings. The number of aromatic nitrogens is 6. The predicted octanol–water partition coefficient (Wildman–Crippen LogP) is 4.14. The maximum atomic E-state index is 12.8. The van der Waals surface area contributed by atoms with Gasteiger partial charge in [-0.15, -0.1) is 0 Å². The summed E-state index contributed by atoms with van der Waals surface area (Å²) in [6.45, 7) is 10.8. The molecule has 0 unspecified atom stereocenters. The van der Waals surface area contributed by atoms with Gasteiger partial charge < -0.3 is 15.2 Å². The number of nitrogens with zero attached hydrogens (tertiary/aromatic N) is 5. The molecule has 0 radical (unpaired) electrons. The van der Waals surface area contributed by atoms with Gasteiger partial charge in [-0.05, 0) is 25.0 Å². The molecule has 1 amide bonds. The summed E-state index contributed by atoms with van der Waals surface area (Å²) in [5, 5.41) is 13.4. The van der Waals surface area contributed by atoms with Crippen LogP contribution in [0.3, 0.4) is 0 Å². The lowest BCUT2D eigenvalue weighted by Crippen LogP contribution is -2.28. The molecule has 166 valence electrons. The third-order valence-electron chi connectivity index (χ3n) is 5.17. The summed E-state index contributed by atoms with van der Waals surface area (Å²) < 4.78 is 2.00. The van der Waals surface area contributed by atoms with Gasteiger partial charge in [0.15, 0.2) is 22.8 Å². The van der Waals surface area contributed by atoms with Crippen LogP contribution in [0, 0.1) is 12.3 Å². The van der Waals surface area contributed by atoms with E-state index in [1.807, 2.05) is 69.5 Å². The molecule has 3 N–H and O–H groups in total. The lowest BCUT2D eigenvalue weighted by molar-refractivity contribution is -0.123. The number of carbonyl (C=O) groups excluding carboxylic acids is 1. The zero-order valence-corrected chi connectivity index (χ0v) is 19.0. The molecule has 9 nitrogen and oxygen atoms in total. The first-order chi connectivity index (χ1) is 15.3. The smallest absolute Gasteiger partial charge is 0.230 e. The van der Waals surface area contributed by atoms with Gasteiger partial charge in [0.1, 0.15) is 5.69 Å². The maximum absolute atomic E-state index is 12.8. The van der Waals surface area contributed by atoms with Crippen LogP contribution >= 0.6 is 0 Å². The first-order valence-corrected chi connectivity index (χ1v) is 10.7. The van der Waals surface area contributed by atoms with E-state index in [0.29, 0.717) is 41.8 Å². The topological polar surface area (TPSA) is 113 Å². The Morgan fingerprint density at radius 2 is 1.88 bits per heavy atom. The number of amides is 1. The molecule has 9 heteroatoms. The molecule has 32 heavy (non-hydrogen) atoms. The number of benzene rings is 1. The highest BCUT2D eigenvalue weighted by Crippen LogP contribution is 2.30. The third-order valence-corrected chi connectivity index (χ3v) is 5.17. The van der Waals surface area contributed by atoms with E-state index in [2.05, 4.69) is 25.8 Å². The molecule has 0 bridgehead atoms. The molecule has 0 spiro atoms. The second kappa shape index (κ2) is 8.41. The largest absolute Gasteiger partial charge is 0.350 e. The van der Waals surface area contributed by atoms with Gasteiger partial charge in [-0.2, -0.15) is 15.1 Å². The molecular weight excluding hydrogens is 404 g/mol. The average Bonchev–Trinajstić information content (AvgIpc) is 3.35. The van der Waals surface area contributed by atoms with E-state index < -0.39 is 5.41 Å². The Labute approximate surface area is 186 Å². The number of hydrogen-bond donors (Lipinski definition) is 3. The fraction of sp³-hybridized carbons (Fsp3) is 0.348. The van der Waals surface area contributed by atoms with Gasteiger partial charge in [-0.1, -0.05) is 51.1 Å². The highest BCUT2D eigenvalue weighted by molar-refractivity contribution is 6.00. The van der Waals surface area contributed by atoms with Crippen LogP contribution in [0.4, 0.5) is 11.8 Å². The second-order valence-corrected chi connectivity index (χ2v) is 8.72. The SMILES string of the molecule is CCn1c(-c2[nH]ncc2C)nc2c(NC(=O)C(C)(C)C)nc(NCc3ccccc3)nc21. The van der Waals surface area contributed by atoms with Crippen molar-refractivity contribution in [2.24, 2.45) is 5.41 Å². The molecular formula is C23H28N8O. The number of anilines is 2. The number of H-pyrrole nitrogens is 1. The first-order valence-electron chi connectivity index (χ1n) is 10.7. The Morgan fingerprint density at radius 1 is 1.12 bits per heavy atom. The van der Waals surface area contributed by atoms with Gasteiger partial charge in [0.2, 0.25) is 11.9 Å². The van der Waals surface area contributed by atoms with Crippen LogP contribution in [0.15, 0.2) is 36.5 Å². The van der Waals surface area contributed by atoms with Gasteiger partial charge >= 0.3 is 0 Å². The maximum Gasteiger partial charge on any atom is 0.230 e. The van der Waals surface area contributed by atoms with Crippen LogP contribution in [0.25, 0.3) is 22.7 Å². The molecule has 0 saturated heterocycles. The summed E-state index contributed by atoms with van der Waals surface area (Å²) in [6.07, 6.45) is 1.76.